The first kappa shape index (κ1) is 18.5. The molecule has 0 bridgehead atoms. The maximum Gasteiger partial charge on any atom is 0.404 e. The van der Waals surface area contributed by atoms with Crippen LogP contribution in [0.3, 0.4) is 0 Å². The first-order valence-electron chi connectivity index (χ1n) is 8.30. The Morgan fingerprint density at radius 1 is 1.17 bits per heavy atom. The molecular formula is C17H26N2O5. The quantitative estimate of drug-likeness (QED) is 0.625. The van der Waals surface area contributed by atoms with Gasteiger partial charge in [-0.3, -0.25) is 4.90 Å². The Hall–Kier alpha value is -1.83. The van der Waals surface area contributed by atoms with Crippen molar-refractivity contribution in [3.8, 4) is 5.75 Å². The number of amides is 1. The van der Waals surface area contributed by atoms with Gasteiger partial charge in [-0.2, -0.15) is 0 Å². The van der Waals surface area contributed by atoms with E-state index >= 15 is 0 Å². The first-order chi connectivity index (χ1) is 11.7. The van der Waals surface area contributed by atoms with Gasteiger partial charge in [-0.25, -0.2) is 4.79 Å². The van der Waals surface area contributed by atoms with Crippen molar-refractivity contribution in [2.24, 2.45) is 0 Å². The molecule has 134 valence electrons. The number of nitrogens with one attached hydrogen (secondary N) is 1. The molecule has 24 heavy (non-hydrogen) atoms. The van der Waals surface area contributed by atoms with Gasteiger partial charge in [0, 0.05) is 26.2 Å². The van der Waals surface area contributed by atoms with Gasteiger partial charge in [0.25, 0.3) is 0 Å². The van der Waals surface area contributed by atoms with E-state index in [9.17, 15) is 4.79 Å². The van der Waals surface area contributed by atoms with E-state index in [1.807, 2.05) is 24.3 Å². The molecule has 0 radical (unpaired) electrons. The van der Waals surface area contributed by atoms with Gasteiger partial charge in [0.15, 0.2) is 0 Å². The van der Waals surface area contributed by atoms with Crippen molar-refractivity contribution in [2.45, 2.75) is 6.42 Å². The third-order valence-electron chi connectivity index (χ3n) is 3.77. The molecule has 1 heterocycles. The lowest BCUT2D eigenvalue weighted by Crippen LogP contribution is -2.38. The average Bonchev–Trinajstić information content (AvgIpc) is 2.60. The van der Waals surface area contributed by atoms with Crippen molar-refractivity contribution in [2.75, 3.05) is 59.2 Å². The minimum absolute atomic E-state index is 0.409. The standard InChI is InChI=1S/C17H26N2O5/c20-17(21)18-6-5-15-1-3-16(4-2-15)24-14-13-23-12-9-19-7-10-22-11-8-19/h1-4,18H,5-14H2,(H,20,21). The van der Waals surface area contributed by atoms with Crippen LogP contribution in [0.1, 0.15) is 5.56 Å². The van der Waals surface area contributed by atoms with Gasteiger partial charge >= 0.3 is 6.09 Å². The third kappa shape index (κ3) is 7.63. The van der Waals surface area contributed by atoms with E-state index in [2.05, 4.69) is 10.2 Å². The van der Waals surface area contributed by atoms with Crippen LogP contribution in [-0.4, -0.2) is 75.3 Å². The molecule has 0 unspecified atom stereocenters. The second kappa shape index (κ2) is 10.9. The summed E-state index contributed by atoms with van der Waals surface area (Å²) < 4.78 is 16.5. The van der Waals surface area contributed by atoms with Crippen molar-refractivity contribution in [1.29, 1.82) is 0 Å². The Balaban J connectivity index is 1.51. The molecule has 1 aliphatic heterocycles. The lowest BCUT2D eigenvalue weighted by molar-refractivity contribution is 0.0170. The fraction of sp³-hybridized carbons (Fsp3) is 0.588. The molecule has 0 aromatic heterocycles. The summed E-state index contributed by atoms with van der Waals surface area (Å²) in [4.78, 5) is 12.7. The fourth-order valence-corrected chi connectivity index (χ4v) is 2.41. The molecule has 7 heteroatoms. The molecule has 1 amide bonds. The molecule has 1 aromatic rings. The second-order valence-corrected chi connectivity index (χ2v) is 5.54. The SMILES string of the molecule is O=C(O)NCCc1ccc(OCCOCCN2CCOCC2)cc1. The van der Waals surface area contributed by atoms with Gasteiger partial charge in [-0.05, 0) is 24.1 Å². The van der Waals surface area contributed by atoms with E-state index in [1.54, 1.807) is 0 Å². The van der Waals surface area contributed by atoms with Crippen LogP contribution in [0.4, 0.5) is 4.79 Å². The van der Waals surface area contributed by atoms with Crippen LogP contribution >= 0.6 is 0 Å². The van der Waals surface area contributed by atoms with Crippen LogP contribution < -0.4 is 10.1 Å². The van der Waals surface area contributed by atoms with Gasteiger partial charge in [0.1, 0.15) is 12.4 Å². The molecule has 0 saturated carbocycles. The highest BCUT2D eigenvalue weighted by atomic mass is 16.5. The van der Waals surface area contributed by atoms with E-state index < -0.39 is 6.09 Å². The number of hydrogen-bond donors (Lipinski definition) is 2. The van der Waals surface area contributed by atoms with Crippen molar-refractivity contribution in [3.05, 3.63) is 29.8 Å². The zero-order chi connectivity index (χ0) is 17.0. The number of nitrogens with zero attached hydrogens (tertiary/aromatic N) is 1. The lowest BCUT2D eigenvalue weighted by Gasteiger charge is -2.26. The van der Waals surface area contributed by atoms with Crippen LogP contribution in [0.15, 0.2) is 24.3 Å². The second-order valence-electron chi connectivity index (χ2n) is 5.54. The maximum atomic E-state index is 10.4. The summed E-state index contributed by atoms with van der Waals surface area (Å²) in [7, 11) is 0. The summed E-state index contributed by atoms with van der Waals surface area (Å²) in [5.74, 6) is 0.793. The van der Waals surface area contributed by atoms with E-state index in [0.29, 0.717) is 32.8 Å². The largest absolute Gasteiger partial charge is 0.491 e. The van der Waals surface area contributed by atoms with Gasteiger partial charge in [0.05, 0.1) is 26.4 Å². The Morgan fingerprint density at radius 3 is 2.62 bits per heavy atom. The molecule has 2 N–H and O–H groups in total. The van der Waals surface area contributed by atoms with E-state index in [0.717, 1.165) is 44.2 Å². The summed E-state index contributed by atoms with van der Waals surface area (Å²) in [6.45, 7) is 6.71. The van der Waals surface area contributed by atoms with Crippen LogP contribution in [0.25, 0.3) is 0 Å². The number of benzene rings is 1. The van der Waals surface area contributed by atoms with E-state index in [1.165, 1.54) is 0 Å². The number of rotatable bonds is 10. The molecule has 0 spiro atoms. The highest BCUT2D eigenvalue weighted by molar-refractivity contribution is 5.64. The normalized spacial score (nSPS) is 15.2. The zero-order valence-corrected chi connectivity index (χ0v) is 13.9. The van der Waals surface area contributed by atoms with Crippen LogP contribution in [0.2, 0.25) is 0 Å². The van der Waals surface area contributed by atoms with Crippen molar-refractivity contribution in [1.82, 2.24) is 10.2 Å². The van der Waals surface area contributed by atoms with Gasteiger partial charge in [-0.15, -0.1) is 0 Å². The Morgan fingerprint density at radius 2 is 1.92 bits per heavy atom. The Bertz CT molecular complexity index is 474. The molecule has 0 aliphatic carbocycles. The molecule has 2 rings (SSSR count). The molecule has 1 aromatic carbocycles. The number of morpholine rings is 1. The Labute approximate surface area is 142 Å². The van der Waals surface area contributed by atoms with Crippen molar-refractivity contribution in [3.63, 3.8) is 0 Å². The van der Waals surface area contributed by atoms with Gasteiger partial charge in [0.2, 0.25) is 0 Å². The summed E-state index contributed by atoms with van der Waals surface area (Å²) >= 11 is 0. The lowest BCUT2D eigenvalue weighted by atomic mass is 10.1. The average molecular weight is 338 g/mol. The number of carboxylic acid groups (broad SMARTS) is 1. The van der Waals surface area contributed by atoms with Crippen molar-refractivity contribution >= 4 is 6.09 Å². The monoisotopic (exact) mass is 338 g/mol. The number of ether oxygens (including phenoxy) is 3. The Kier molecular flexibility index (Phi) is 8.37. The predicted molar refractivity (Wildman–Crippen MR) is 89.7 cm³/mol. The summed E-state index contributed by atoms with van der Waals surface area (Å²) in [5, 5.41) is 10.9. The zero-order valence-electron chi connectivity index (χ0n) is 13.9. The summed E-state index contributed by atoms with van der Waals surface area (Å²) in [6.07, 6.45) is -0.333. The van der Waals surface area contributed by atoms with Crippen LogP contribution in [-0.2, 0) is 15.9 Å². The first-order valence-corrected chi connectivity index (χ1v) is 8.30. The highest BCUT2D eigenvalue weighted by Gasteiger charge is 2.09. The predicted octanol–water partition coefficient (Wildman–Crippen LogP) is 1.22. The summed E-state index contributed by atoms with van der Waals surface area (Å²) in [6, 6.07) is 7.67. The molecular weight excluding hydrogens is 312 g/mol. The van der Waals surface area contributed by atoms with Gasteiger partial charge < -0.3 is 24.6 Å². The fourth-order valence-electron chi connectivity index (χ4n) is 2.41. The van der Waals surface area contributed by atoms with Gasteiger partial charge in [-0.1, -0.05) is 12.1 Å². The molecule has 7 nitrogen and oxygen atoms in total. The molecule has 1 fully saturated rings. The maximum absolute atomic E-state index is 10.4. The minimum Gasteiger partial charge on any atom is -0.491 e. The van der Waals surface area contributed by atoms with Crippen molar-refractivity contribution < 1.29 is 24.1 Å². The van der Waals surface area contributed by atoms with Crippen LogP contribution in [0, 0.1) is 0 Å². The molecule has 1 saturated heterocycles. The topological polar surface area (TPSA) is 80.3 Å². The smallest absolute Gasteiger partial charge is 0.404 e. The molecule has 1 aliphatic rings. The van der Waals surface area contributed by atoms with E-state index in [4.69, 9.17) is 19.3 Å². The number of carbonyl (C=O) groups is 1. The minimum atomic E-state index is -0.997. The van der Waals surface area contributed by atoms with E-state index in [-0.39, 0.29) is 0 Å². The highest BCUT2D eigenvalue weighted by Crippen LogP contribution is 2.12. The third-order valence-corrected chi connectivity index (χ3v) is 3.77. The van der Waals surface area contributed by atoms with Crippen LogP contribution in [0.5, 0.6) is 5.75 Å². The number of hydrogen-bond acceptors (Lipinski definition) is 5. The summed E-state index contributed by atoms with van der Waals surface area (Å²) in [5.41, 5.74) is 1.07. The molecule has 0 atom stereocenters.